The molecule has 14 heavy (non-hydrogen) atoms. The molecule has 0 unspecified atom stereocenters. The lowest BCUT2D eigenvalue weighted by atomic mass is 9.92. The molecule has 0 aliphatic heterocycles. The van der Waals surface area contributed by atoms with Crippen LogP contribution in [-0.4, -0.2) is 15.8 Å². The molecule has 2 rings (SSSR count). The molecule has 1 aromatic rings. The number of aromatic nitrogens is 1. The highest BCUT2D eigenvalue weighted by Gasteiger charge is 2.21. The van der Waals surface area contributed by atoms with Crippen LogP contribution in [0.25, 0.3) is 0 Å². The molecule has 0 radical (unpaired) electrons. The van der Waals surface area contributed by atoms with Gasteiger partial charge in [0, 0.05) is 17.4 Å². The van der Waals surface area contributed by atoms with Gasteiger partial charge >= 0.3 is 0 Å². The fraction of sp³-hybridized carbons (Fsp3) is 0.667. The van der Waals surface area contributed by atoms with Gasteiger partial charge in [-0.15, -0.1) is 0 Å². The molecule has 0 spiro atoms. The van der Waals surface area contributed by atoms with Crippen molar-refractivity contribution in [2.75, 3.05) is 0 Å². The second-order valence-corrected chi connectivity index (χ2v) is 4.45. The molecule has 1 saturated carbocycles. The van der Waals surface area contributed by atoms with E-state index in [0.29, 0.717) is 6.04 Å². The Kier molecular flexibility index (Phi) is 2.64. The summed E-state index contributed by atoms with van der Waals surface area (Å²) in [6.45, 7) is 4.33. The third-order valence-electron chi connectivity index (χ3n) is 3.36. The van der Waals surface area contributed by atoms with Gasteiger partial charge in [-0.1, -0.05) is 0 Å². The second-order valence-electron chi connectivity index (χ2n) is 4.45. The predicted molar refractivity (Wildman–Crippen MR) is 57.4 cm³/mol. The first-order valence-corrected chi connectivity index (χ1v) is 5.51. The number of aliphatic hydroxyl groups excluding tert-OH is 1. The Labute approximate surface area is 85.6 Å². The summed E-state index contributed by atoms with van der Waals surface area (Å²) >= 11 is 0. The van der Waals surface area contributed by atoms with Crippen molar-refractivity contribution >= 4 is 0 Å². The maximum absolute atomic E-state index is 9.45. The predicted octanol–water partition coefficient (Wildman–Crippen LogP) is 2.58. The van der Waals surface area contributed by atoms with Crippen LogP contribution < -0.4 is 0 Å². The Morgan fingerprint density at radius 2 is 1.57 bits per heavy atom. The summed E-state index contributed by atoms with van der Waals surface area (Å²) in [5, 5.41) is 9.45. The fourth-order valence-electron chi connectivity index (χ4n) is 2.57. The second kappa shape index (κ2) is 3.77. The SMILES string of the molecule is Cc1ccc(C)n1C1CCC(O)CC1. The molecule has 0 bridgehead atoms. The minimum absolute atomic E-state index is 0.0533. The Balaban J connectivity index is 2.15. The quantitative estimate of drug-likeness (QED) is 0.728. The molecule has 0 amide bonds. The molecule has 2 nitrogen and oxygen atoms in total. The Hall–Kier alpha value is -0.760. The van der Waals surface area contributed by atoms with Crippen molar-refractivity contribution in [3.63, 3.8) is 0 Å². The molecule has 1 N–H and O–H groups in total. The van der Waals surface area contributed by atoms with Gasteiger partial charge < -0.3 is 9.67 Å². The third kappa shape index (κ3) is 1.71. The maximum Gasteiger partial charge on any atom is 0.0541 e. The van der Waals surface area contributed by atoms with Crippen LogP contribution in [-0.2, 0) is 0 Å². The maximum atomic E-state index is 9.45. The van der Waals surface area contributed by atoms with Crippen LogP contribution in [0.4, 0.5) is 0 Å². The normalized spacial score (nSPS) is 27.9. The van der Waals surface area contributed by atoms with Crippen LogP contribution in [0.15, 0.2) is 12.1 Å². The molecule has 2 heteroatoms. The van der Waals surface area contributed by atoms with Crippen LogP contribution in [0.2, 0.25) is 0 Å². The van der Waals surface area contributed by atoms with Crippen molar-refractivity contribution in [3.05, 3.63) is 23.5 Å². The molecule has 1 heterocycles. The summed E-state index contributed by atoms with van der Waals surface area (Å²) in [6.07, 6.45) is 4.11. The van der Waals surface area contributed by atoms with Gasteiger partial charge in [0.05, 0.1) is 6.10 Å². The minimum atomic E-state index is -0.0533. The van der Waals surface area contributed by atoms with E-state index < -0.39 is 0 Å². The van der Waals surface area contributed by atoms with Crippen molar-refractivity contribution in [2.45, 2.75) is 51.7 Å². The molecule has 1 aliphatic carbocycles. The largest absolute Gasteiger partial charge is 0.393 e. The lowest BCUT2D eigenvalue weighted by Crippen LogP contribution is -2.22. The van der Waals surface area contributed by atoms with Crippen molar-refractivity contribution < 1.29 is 5.11 Å². The molecular weight excluding hydrogens is 174 g/mol. The van der Waals surface area contributed by atoms with Crippen LogP contribution >= 0.6 is 0 Å². The first-order chi connectivity index (χ1) is 6.68. The molecule has 0 aromatic carbocycles. The van der Waals surface area contributed by atoms with Gasteiger partial charge in [-0.05, 0) is 51.7 Å². The highest BCUT2D eigenvalue weighted by Crippen LogP contribution is 2.30. The molecule has 0 atom stereocenters. The first kappa shape index (κ1) is 9.78. The van der Waals surface area contributed by atoms with E-state index in [0.717, 1.165) is 25.7 Å². The van der Waals surface area contributed by atoms with Crippen molar-refractivity contribution in [2.24, 2.45) is 0 Å². The first-order valence-electron chi connectivity index (χ1n) is 5.51. The van der Waals surface area contributed by atoms with Gasteiger partial charge in [0.1, 0.15) is 0 Å². The molecular formula is C12H19NO. The molecule has 1 aromatic heterocycles. The highest BCUT2D eigenvalue weighted by molar-refractivity contribution is 5.15. The van der Waals surface area contributed by atoms with Gasteiger partial charge in [0.2, 0.25) is 0 Å². The van der Waals surface area contributed by atoms with E-state index in [1.165, 1.54) is 11.4 Å². The van der Waals surface area contributed by atoms with E-state index in [2.05, 4.69) is 30.5 Å². The Morgan fingerprint density at radius 3 is 2.07 bits per heavy atom. The summed E-state index contributed by atoms with van der Waals surface area (Å²) < 4.78 is 2.42. The molecule has 0 saturated heterocycles. The average molecular weight is 193 g/mol. The van der Waals surface area contributed by atoms with E-state index in [1.807, 2.05) is 0 Å². The Morgan fingerprint density at radius 1 is 1.07 bits per heavy atom. The zero-order chi connectivity index (χ0) is 10.1. The molecule has 1 fully saturated rings. The van der Waals surface area contributed by atoms with E-state index in [1.54, 1.807) is 0 Å². The van der Waals surface area contributed by atoms with E-state index in [4.69, 9.17) is 0 Å². The lowest BCUT2D eigenvalue weighted by molar-refractivity contribution is 0.110. The summed E-state index contributed by atoms with van der Waals surface area (Å²) in [5.74, 6) is 0. The summed E-state index contributed by atoms with van der Waals surface area (Å²) in [4.78, 5) is 0. The minimum Gasteiger partial charge on any atom is -0.393 e. The molecule has 1 aliphatic rings. The topological polar surface area (TPSA) is 25.2 Å². The average Bonchev–Trinajstić information content (AvgIpc) is 2.49. The van der Waals surface area contributed by atoms with Gasteiger partial charge in [-0.25, -0.2) is 0 Å². The van der Waals surface area contributed by atoms with Gasteiger partial charge in [0.15, 0.2) is 0 Å². The van der Waals surface area contributed by atoms with E-state index in [9.17, 15) is 5.11 Å². The molecule has 78 valence electrons. The highest BCUT2D eigenvalue weighted by atomic mass is 16.3. The fourth-order valence-corrected chi connectivity index (χ4v) is 2.57. The smallest absolute Gasteiger partial charge is 0.0541 e. The summed E-state index contributed by atoms with van der Waals surface area (Å²) in [7, 11) is 0. The number of hydrogen-bond acceptors (Lipinski definition) is 1. The monoisotopic (exact) mass is 193 g/mol. The number of aryl methyl sites for hydroxylation is 2. The van der Waals surface area contributed by atoms with Crippen molar-refractivity contribution in [1.82, 2.24) is 4.57 Å². The van der Waals surface area contributed by atoms with Crippen LogP contribution in [0.3, 0.4) is 0 Å². The van der Waals surface area contributed by atoms with Crippen LogP contribution in [0, 0.1) is 13.8 Å². The van der Waals surface area contributed by atoms with E-state index in [-0.39, 0.29) is 6.10 Å². The zero-order valence-electron chi connectivity index (χ0n) is 9.03. The van der Waals surface area contributed by atoms with Crippen LogP contribution in [0.1, 0.15) is 43.1 Å². The lowest BCUT2D eigenvalue weighted by Gasteiger charge is -2.29. The third-order valence-corrected chi connectivity index (χ3v) is 3.36. The number of aliphatic hydroxyl groups is 1. The standard InChI is InChI=1S/C12H19NO/c1-9-3-4-10(2)13(9)11-5-7-12(14)8-6-11/h3-4,11-12,14H,5-8H2,1-2H3. The summed E-state index contributed by atoms with van der Waals surface area (Å²) in [5.41, 5.74) is 2.70. The summed E-state index contributed by atoms with van der Waals surface area (Å²) in [6, 6.07) is 4.98. The van der Waals surface area contributed by atoms with Gasteiger partial charge in [-0.2, -0.15) is 0 Å². The van der Waals surface area contributed by atoms with Crippen molar-refractivity contribution in [1.29, 1.82) is 0 Å². The Bertz CT molecular complexity index is 289. The number of nitrogens with zero attached hydrogens (tertiary/aromatic N) is 1. The van der Waals surface area contributed by atoms with Gasteiger partial charge in [-0.3, -0.25) is 0 Å². The zero-order valence-corrected chi connectivity index (χ0v) is 9.03. The van der Waals surface area contributed by atoms with E-state index >= 15 is 0 Å². The van der Waals surface area contributed by atoms with Gasteiger partial charge in [0.25, 0.3) is 0 Å². The van der Waals surface area contributed by atoms with Crippen LogP contribution in [0.5, 0.6) is 0 Å². The number of rotatable bonds is 1. The number of hydrogen-bond donors (Lipinski definition) is 1. The van der Waals surface area contributed by atoms with Crippen molar-refractivity contribution in [3.8, 4) is 0 Å².